The summed E-state index contributed by atoms with van der Waals surface area (Å²) in [6.45, 7) is 6.43. The van der Waals surface area contributed by atoms with Crippen LogP contribution >= 0.6 is 11.6 Å². The lowest BCUT2D eigenvalue weighted by atomic mass is 10.1. The quantitative estimate of drug-likeness (QED) is 0.592. The molecule has 0 aliphatic rings. The molecule has 6 heteroatoms. The molecule has 0 saturated carbocycles. The van der Waals surface area contributed by atoms with Crippen LogP contribution in [0.1, 0.15) is 28.1 Å². The highest BCUT2D eigenvalue weighted by Gasteiger charge is 2.18. The first-order chi connectivity index (χ1) is 13.8. The highest BCUT2D eigenvalue weighted by Crippen LogP contribution is 2.23. The van der Waals surface area contributed by atoms with E-state index in [1.165, 1.54) is 0 Å². The van der Waals surface area contributed by atoms with E-state index in [2.05, 4.69) is 5.10 Å². The van der Waals surface area contributed by atoms with Gasteiger partial charge in [-0.15, -0.1) is 0 Å². The van der Waals surface area contributed by atoms with Crippen LogP contribution in [0.3, 0.4) is 0 Å². The number of amides is 1. The van der Waals surface area contributed by atoms with E-state index in [1.54, 1.807) is 12.0 Å². The van der Waals surface area contributed by atoms with E-state index < -0.39 is 0 Å². The Morgan fingerprint density at radius 3 is 2.45 bits per heavy atom. The number of hydrogen-bond acceptors (Lipinski definition) is 3. The summed E-state index contributed by atoms with van der Waals surface area (Å²) in [5, 5.41) is 5.34. The Bertz CT molecular complexity index is 1030. The summed E-state index contributed by atoms with van der Waals surface area (Å²) in [6.07, 6.45) is 0.309. The SMILES string of the molecule is COc1ccc(CN(C)C(=O)Cc2c(C)nn(-c3ccc(C)c(Cl)c3)c2C)cc1. The molecule has 0 aliphatic heterocycles. The fourth-order valence-corrected chi connectivity index (χ4v) is 3.45. The molecule has 29 heavy (non-hydrogen) atoms. The second-order valence-corrected chi connectivity index (χ2v) is 7.68. The highest BCUT2D eigenvalue weighted by atomic mass is 35.5. The van der Waals surface area contributed by atoms with Gasteiger partial charge in [-0.05, 0) is 56.2 Å². The number of aryl methyl sites for hydroxylation is 2. The van der Waals surface area contributed by atoms with Gasteiger partial charge in [-0.3, -0.25) is 4.79 Å². The smallest absolute Gasteiger partial charge is 0.227 e. The van der Waals surface area contributed by atoms with Crippen LogP contribution in [0.4, 0.5) is 0 Å². The van der Waals surface area contributed by atoms with Crippen LogP contribution in [0.5, 0.6) is 5.75 Å². The molecule has 1 amide bonds. The van der Waals surface area contributed by atoms with Gasteiger partial charge in [-0.2, -0.15) is 5.10 Å². The van der Waals surface area contributed by atoms with Gasteiger partial charge in [0.2, 0.25) is 5.91 Å². The van der Waals surface area contributed by atoms with E-state index in [0.717, 1.165) is 39.5 Å². The van der Waals surface area contributed by atoms with Gasteiger partial charge in [0.15, 0.2) is 0 Å². The molecule has 152 valence electrons. The molecule has 5 nitrogen and oxygen atoms in total. The highest BCUT2D eigenvalue weighted by molar-refractivity contribution is 6.31. The Kier molecular flexibility index (Phi) is 6.28. The summed E-state index contributed by atoms with van der Waals surface area (Å²) < 4.78 is 7.04. The summed E-state index contributed by atoms with van der Waals surface area (Å²) in [4.78, 5) is 14.6. The zero-order chi connectivity index (χ0) is 21.1. The Labute approximate surface area is 176 Å². The Hall–Kier alpha value is -2.79. The van der Waals surface area contributed by atoms with Gasteiger partial charge in [0, 0.05) is 29.9 Å². The van der Waals surface area contributed by atoms with Gasteiger partial charge < -0.3 is 9.64 Å². The molecular weight excluding hydrogens is 386 g/mol. The minimum absolute atomic E-state index is 0.0495. The van der Waals surface area contributed by atoms with E-state index in [-0.39, 0.29) is 5.91 Å². The summed E-state index contributed by atoms with van der Waals surface area (Å²) in [7, 11) is 3.46. The first-order valence-electron chi connectivity index (χ1n) is 9.48. The van der Waals surface area contributed by atoms with E-state index in [1.807, 2.05) is 75.0 Å². The molecule has 0 radical (unpaired) electrons. The van der Waals surface area contributed by atoms with Crippen LogP contribution in [0.15, 0.2) is 42.5 Å². The molecule has 0 saturated heterocycles. The Morgan fingerprint density at radius 1 is 1.14 bits per heavy atom. The number of carbonyl (C=O) groups excluding carboxylic acids is 1. The van der Waals surface area contributed by atoms with Crippen LogP contribution in [0.2, 0.25) is 5.02 Å². The molecular formula is C23H26ClN3O2. The monoisotopic (exact) mass is 411 g/mol. The number of hydrogen-bond donors (Lipinski definition) is 0. The van der Waals surface area contributed by atoms with E-state index in [4.69, 9.17) is 16.3 Å². The summed E-state index contributed by atoms with van der Waals surface area (Å²) >= 11 is 6.27. The van der Waals surface area contributed by atoms with Crippen molar-refractivity contribution >= 4 is 17.5 Å². The molecule has 0 N–H and O–H groups in total. The molecule has 1 heterocycles. The minimum atomic E-state index is 0.0495. The average molecular weight is 412 g/mol. The standard InChI is InChI=1S/C23H26ClN3O2/c1-15-6-9-19(12-22(15)24)27-17(3)21(16(2)25-27)13-23(28)26(4)14-18-7-10-20(29-5)11-8-18/h6-12H,13-14H2,1-5H3. The van der Waals surface area contributed by atoms with Gasteiger partial charge in [-0.25, -0.2) is 4.68 Å². The van der Waals surface area contributed by atoms with Crippen LogP contribution in [0.25, 0.3) is 5.69 Å². The van der Waals surface area contributed by atoms with Gasteiger partial charge in [0.05, 0.1) is 24.9 Å². The van der Waals surface area contributed by atoms with Gasteiger partial charge in [0.1, 0.15) is 5.75 Å². The molecule has 0 unspecified atom stereocenters. The number of rotatable bonds is 6. The van der Waals surface area contributed by atoms with Crippen LogP contribution in [-0.4, -0.2) is 34.7 Å². The van der Waals surface area contributed by atoms with Crippen LogP contribution in [-0.2, 0) is 17.8 Å². The zero-order valence-electron chi connectivity index (χ0n) is 17.5. The van der Waals surface area contributed by atoms with Crippen LogP contribution < -0.4 is 4.74 Å². The molecule has 0 aliphatic carbocycles. The fourth-order valence-electron chi connectivity index (χ4n) is 3.27. The Morgan fingerprint density at radius 2 is 1.83 bits per heavy atom. The van der Waals surface area contributed by atoms with Crippen molar-refractivity contribution in [3.05, 3.63) is 75.6 Å². The minimum Gasteiger partial charge on any atom is -0.497 e. The van der Waals surface area contributed by atoms with Gasteiger partial charge in [0.25, 0.3) is 0 Å². The van der Waals surface area contributed by atoms with Crippen molar-refractivity contribution in [2.75, 3.05) is 14.2 Å². The third-order valence-corrected chi connectivity index (χ3v) is 5.58. The number of halogens is 1. The van der Waals surface area contributed by atoms with E-state index in [9.17, 15) is 4.79 Å². The zero-order valence-corrected chi connectivity index (χ0v) is 18.2. The van der Waals surface area contributed by atoms with Crippen molar-refractivity contribution in [3.8, 4) is 11.4 Å². The van der Waals surface area contributed by atoms with Crippen molar-refractivity contribution in [1.82, 2.24) is 14.7 Å². The first-order valence-corrected chi connectivity index (χ1v) is 9.86. The van der Waals surface area contributed by atoms with Crippen LogP contribution in [0, 0.1) is 20.8 Å². The fraction of sp³-hybridized carbons (Fsp3) is 0.304. The van der Waals surface area contributed by atoms with E-state index >= 15 is 0 Å². The lowest BCUT2D eigenvalue weighted by Gasteiger charge is -2.18. The predicted molar refractivity (Wildman–Crippen MR) is 116 cm³/mol. The third kappa shape index (κ3) is 4.62. The third-order valence-electron chi connectivity index (χ3n) is 5.17. The molecule has 0 bridgehead atoms. The number of aromatic nitrogens is 2. The van der Waals surface area contributed by atoms with Gasteiger partial charge in [-0.1, -0.05) is 29.8 Å². The lowest BCUT2D eigenvalue weighted by molar-refractivity contribution is -0.129. The van der Waals surface area contributed by atoms with E-state index in [0.29, 0.717) is 18.0 Å². The van der Waals surface area contributed by atoms with Gasteiger partial charge >= 0.3 is 0 Å². The summed E-state index contributed by atoms with van der Waals surface area (Å²) in [5.41, 5.74) is 5.73. The number of carbonyl (C=O) groups is 1. The molecule has 2 aromatic carbocycles. The molecule has 0 fully saturated rings. The molecule has 3 rings (SSSR count). The second-order valence-electron chi connectivity index (χ2n) is 7.27. The maximum absolute atomic E-state index is 12.8. The number of benzene rings is 2. The normalized spacial score (nSPS) is 10.8. The molecule has 3 aromatic rings. The van der Waals surface area contributed by atoms with Crippen molar-refractivity contribution in [2.24, 2.45) is 0 Å². The predicted octanol–water partition coefficient (Wildman–Crippen LogP) is 4.66. The lowest BCUT2D eigenvalue weighted by Crippen LogP contribution is -2.28. The number of methoxy groups -OCH3 is 1. The Balaban J connectivity index is 1.75. The number of ether oxygens (including phenoxy) is 1. The number of nitrogens with zero attached hydrogens (tertiary/aromatic N) is 3. The summed E-state index contributed by atoms with van der Waals surface area (Å²) in [5.74, 6) is 0.853. The second kappa shape index (κ2) is 8.70. The summed E-state index contributed by atoms with van der Waals surface area (Å²) in [6, 6.07) is 13.6. The molecule has 0 spiro atoms. The van der Waals surface area contributed by atoms with Crippen molar-refractivity contribution < 1.29 is 9.53 Å². The van der Waals surface area contributed by atoms with Crippen molar-refractivity contribution in [2.45, 2.75) is 33.7 Å². The molecule has 1 aromatic heterocycles. The maximum atomic E-state index is 12.8. The van der Waals surface area contributed by atoms with Crippen molar-refractivity contribution in [1.29, 1.82) is 0 Å². The van der Waals surface area contributed by atoms with Crippen molar-refractivity contribution in [3.63, 3.8) is 0 Å². The largest absolute Gasteiger partial charge is 0.497 e. The first kappa shape index (κ1) is 20.9. The maximum Gasteiger partial charge on any atom is 0.227 e. The number of likely N-dealkylation sites (N-methyl/N-ethyl adjacent to an activating group) is 1. The average Bonchev–Trinajstić information content (AvgIpc) is 2.98. The topological polar surface area (TPSA) is 47.4 Å². The molecule has 0 atom stereocenters.